The number of halogens is 5. The van der Waals surface area contributed by atoms with Crippen LogP contribution in [-0.4, -0.2) is 48.5 Å². The first-order chi connectivity index (χ1) is 17.6. The summed E-state index contributed by atoms with van der Waals surface area (Å²) in [5.41, 5.74) is -2.70. The molecule has 0 radical (unpaired) electrons. The average molecular weight is 519 g/mol. The van der Waals surface area contributed by atoms with Crippen LogP contribution in [0.2, 0.25) is 0 Å². The van der Waals surface area contributed by atoms with E-state index in [0.29, 0.717) is 35.5 Å². The molecule has 6 rings (SSSR count). The number of nitrogens with zero attached hydrogens (tertiary/aromatic N) is 7. The van der Waals surface area contributed by atoms with Crippen molar-refractivity contribution in [2.45, 2.75) is 31.2 Å². The number of fused-ring (bicyclic) bond motifs is 1. The Balaban J connectivity index is 1.38. The summed E-state index contributed by atoms with van der Waals surface area (Å²) < 4.78 is 77.0. The molecule has 1 aliphatic carbocycles. The quantitative estimate of drug-likeness (QED) is 0.373. The van der Waals surface area contributed by atoms with Gasteiger partial charge >= 0.3 is 6.18 Å². The molecule has 0 atom stereocenters. The molecule has 4 heterocycles. The molecule has 3 aromatic heterocycles. The number of hydrogen-bond donors (Lipinski definition) is 0. The summed E-state index contributed by atoms with van der Waals surface area (Å²) in [6.45, 7) is 0.611. The van der Waals surface area contributed by atoms with E-state index in [0.717, 1.165) is 32.0 Å². The molecule has 192 valence electrons. The first-order valence-corrected chi connectivity index (χ1v) is 11.4. The molecular weight excluding hydrogens is 501 g/mol. The summed E-state index contributed by atoms with van der Waals surface area (Å²) in [6.07, 6.45) is 0.373. The third kappa shape index (κ3) is 4.15. The minimum atomic E-state index is -4.96. The van der Waals surface area contributed by atoms with Crippen molar-refractivity contribution in [3.63, 3.8) is 0 Å². The van der Waals surface area contributed by atoms with Gasteiger partial charge in [0.15, 0.2) is 11.3 Å². The van der Waals surface area contributed by atoms with Gasteiger partial charge in [-0.05, 0) is 25.0 Å². The van der Waals surface area contributed by atoms with E-state index in [9.17, 15) is 26.7 Å². The fourth-order valence-electron chi connectivity index (χ4n) is 4.19. The van der Waals surface area contributed by atoms with Gasteiger partial charge in [-0.25, -0.2) is 23.7 Å². The molecule has 0 unspecified atom stereocenters. The molecule has 0 amide bonds. The van der Waals surface area contributed by atoms with Gasteiger partial charge in [0.2, 0.25) is 11.8 Å². The maximum absolute atomic E-state index is 14.7. The van der Waals surface area contributed by atoms with E-state index in [1.165, 1.54) is 0 Å². The van der Waals surface area contributed by atoms with E-state index < -0.39 is 40.2 Å². The summed E-state index contributed by atoms with van der Waals surface area (Å²) in [5, 5.41) is 4.27. The molecule has 0 spiro atoms. The lowest BCUT2D eigenvalue weighted by Gasteiger charge is -2.38. The second-order valence-corrected chi connectivity index (χ2v) is 9.02. The zero-order valence-electron chi connectivity index (χ0n) is 19.2. The molecule has 2 aliphatic rings. The average Bonchev–Trinajstić information content (AvgIpc) is 3.55. The van der Waals surface area contributed by atoms with Gasteiger partial charge in [-0.1, -0.05) is 0 Å². The topological polar surface area (TPSA) is 91.0 Å². The Morgan fingerprint density at radius 2 is 1.81 bits per heavy atom. The number of aromatic nitrogens is 6. The fourth-order valence-corrected chi connectivity index (χ4v) is 4.19. The van der Waals surface area contributed by atoms with Crippen LogP contribution < -0.4 is 15.2 Å². The van der Waals surface area contributed by atoms with Crippen molar-refractivity contribution < 1.29 is 26.7 Å². The number of anilines is 1. The van der Waals surface area contributed by atoms with E-state index in [4.69, 9.17) is 4.74 Å². The molecule has 2 fully saturated rings. The van der Waals surface area contributed by atoms with Gasteiger partial charge in [0.05, 0.1) is 31.5 Å². The summed E-state index contributed by atoms with van der Waals surface area (Å²) >= 11 is 0. The van der Waals surface area contributed by atoms with Crippen molar-refractivity contribution in [3.8, 4) is 17.0 Å². The number of rotatable bonds is 5. The SMILES string of the molecule is Cn1c(C(F)(F)F)nc2c(-c3ccc(F)cc3F)nc(N3CC(Oc4cnn(C5CC5)c4)C3)nc2c1=O. The van der Waals surface area contributed by atoms with Crippen LogP contribution in [0.3, 0.4) is 0 Å². The Morgan fingerprint density at radius 1 is 1.05 bits per heavy atom. The van der Waals surface area contributed by atoms with Gasteiger partial charge < -0.3 is 9.64 Å². The van der Waals surface area contributed by atoms with Crippen LogP contribution in [0.1, 0.15) is 24.7 Å². The van der Waals surface area contributed by atoms with E-state index in [1.54, 1.807) is 11.1 Å². The molecule has 1 saturated carbocycles. The van der Waals surface area contributed by atoms with Crippen LogP contribution >= 0.6 is 0 Å². The Kier molecular flexibility index (Phi) is 5.17. The summed E-state index contributed by atoms with van der Waals surface area (Å²) in [7, 11) is 0.923. The number of hydrogen-bond acceptors (Lipinski definition) is 7. The number of ether oxygens (including phenoxy) is 1. The Hall–Kier alpha value is -4.10. The largest absolute Gasteiger partial charge is 0.483 e. The predicted molar refractivity (Wildman–Crippen MR) is 120 cm³/mol. The first-order valence-electron chi connectivity index (χ1n) is 11.4. The van der Waals surface area contributed by atoms with Crippen LogP contribution in [0.15, 0.2) is 35.4 Å². The highest BCUT2D eigenvalue weighted by Crippen LogP contribution is 2.36. The molecule has 1 saturated heterocycles. The van der Waals surface area contributed by atoms with Crippen molar-refractivity contribution in [1.82, 2.24) is 29.3 Å². The maximum atomic E-state index is 14.7. The Labute approximate surface area is 205 Å². The lowest BCUT2D eigenvalue weighted by atomic mass is 10.1. The molecule has 0 N–H and O–H groups in total. The van der Waals surface area contributed by atoms with Crippen molar-refractivity contribution in [2.24, 2.45) is 7.05 Å². The lowest BCUT2D eigenvalue weighted by Crippen LogP contribution is -2.54. The zero-order chi connectivity index (χ0) is 26.1. The number of alkyl halides is 3. The highest BCUT2D eigenvalue weighted by Gasteiger charge is 2.38. The van der Waals surface area contributed by atoms with Crippen LogP contribution in [-0.2, 0) is 13.2 Å². The monoisotopic (exact) mass is 519 g/mol. The van der Waals surface area contributed by atoms with Crippen molar-refractivity contribution in [3.05, 3.63) is 58.4 Å². The van der Waals surface area contributed by atoms with E-state index in [1.807, 2.05) is 10.9 Å². The summed E-state index contributed by atoms with van der Waals surface area (Å²) in [4.78, 5) is 26.5. The second kappa shape index (κ2) is 8.21. The third-order valence-electron chi connectivity index (χ3n) is 6.29. The van der Waals surface area contributed by atoms with Gasteiger partial charge in [-0.15, -0.1) is 0 Å². The number of benzene rings is 1. The van der Waals surface area contributed by atoms with E-state index in [-0.39, 0.29) is 23.3 Å². The molecule has 1 aliphatic heterocycles. The molecule has 0 bridgehead atoms. The van der Waals surface area contributed by atoms with Crippen LogP contribution in [0.4, 0.5) is 27.9 Å². The normalized spacial score (nSPS) is 16.3. The minimum absolute atomic E-state index is 0.0154. The Morgan fingerprint density at radius 3 is 2.49 bits per heavy atom. The highest BCUT2D eigenvalue weighted by molar-refractivity contribution is 5.89. The van der Waals surface area contributed by atoms with E-state index in [2.05, 4.69) is 20.1 Å². The van der Waals surface area contributed by atoms with Crippen LogP contribution in [0, 0.1) is 11.6 Å². The molecule has 37 heavy (non-hydrogen) atoms. The van der Waals surface area contributed by atoms with Crippen molar-refractivity contribution in [1.29, 1.82) is 0 Å². The maximum Gasteiger partial charge on any atom is 0.449 e. The van der Waals surface area contributed by atoms with Gasteiger partial charge in [0.1, 0.15) is 28.9 Å². The zero-order valence-corrected chi connectivity index (χ0v) is 19.2. The standard InChI is InChI=1S/C23H18F5N7O2/c1-33-20(36)19-18(30-21(33)23(26,27)28)17(15-5-2-11(24)6-16(15)25)31-22(32-19)34-8-14(9-34)37-13-7-29-35(10-13)12-3-4-12/h2,5-7,10,12,14H,3-4,8-9H2,1H3. The second-order valence-electron chi connectivity index (χ2n) is 9.02. The molecule has 14 heteroatoms. The van der Waals surface area contributed by atoms with Crippen molar-refractivity contribution in [2.75, 3.05) is 18.0 Å². The molecule has 4 aromatic rings. The molecule has 9 nitrogen and oxygen atoms in total. The van der Waals surface area contributed by atoms with Crippen LogP contribution in [0.25, 0.3) is 22.3 Å². The summed E-state index contributed by atoms with van der Waals surface area (Å²) in [5.74, 6) is -2.86. The van der Waals surface area contributed by atoms with Gasteiger partial charge in [0.25, 0.3) is 5.56 Å². The predicted octanol–water partition coefficient (Wildman–Crippen LogP) is 3.49. The third-order valence-corrected chi connectivity index (χ3v) is 6.29. The molecule has 1 aromatic carbocycles. The molecular formula is C23H18F5N7O2. The van der Waals surface area contributed by atoms with Gasteiger partial charge in [0, 0.05) is 18.7 Å². The van der Waals surface area contributed by atoms with Crippen LogP contribution in [0.5, 0.6) is 5.75 Å². The van der Waals surface area contributed by atoms with Gasteiger partial charge in [-0.3, -0.25) is 14.0 Å². The first kappa shape index (κ1) is 23.3. The van der Waals surface area contributed by atoms with Crippen molar-refractivity contribution >= 4 is 17.0 Å². The van der Waals surface area contributed by atoms with Gasteiger partial charge in [-0.2, -0.15) is 18.3 Å². The lowest BCUT2D eigenvalue weighted by molar-refractivity contribution is -0.147. The minimum Gasteiger partial charge on any atom is -0.483 e. The highest BCUT2D eigenvalue weighted by atomic mass is 19.4. The smallest absolute Gasteiger partial charge is 0.449 e. The summed E-state index contributed by atoms with van der Waals surface area (Å²) in [6, 6.07) is 2.94. The fraction of sp³-hybridized carbons (Fsp3) is 0.348. The Bertz CT molecular complexity index is 1590. The van der Waals surface area contributed by atoms with E-state index >= 15 is 0 Å².